The molecular weight excluding hydrogens is 597 g/mol. The maximum Gasteiger partial charge on any atom is 0.416 e. The number of aryl methyl sites for hydroxylation is 1. The second-order valence-electron chi connectivity index (χ2n) is 9.42. The summed E-state index contributed by atoms with van der Waals surface area (Å²) < 4.78 is 83.0. The number of benzene rings is 1. The molecule has 0 amide bonds. The number of hydrogen-bond donors (Lipinski definition) is 0. The summed E-state index contributed by atoms with van der Waals surface area (Å²) in [6.45, 7) is 0.375. The number of rotatable bonds is 6. The predicted octanol–water partition coefficient (Wildman–Crippen LogP) is 6.30. The lowest BCUT2D eigenvalue weighted by molar-refractivity contribution is -0.143. The molecular formula is C25H20Cl2F6N8. The highest BCUT2D eigenvalue weighted by Gasteiger charge is 2.38. The van der Waals surface area contributed by atoms with E-state index in [0.717, 1.165) is 5.56 Å². The van der Waals surface area contributed by atoms with Gasteiger partial charge in [0.1, 0.15) is 5.02 Å². The molecule has 1 aliphatic rings. The lowest BCUT2D eigenvalue weighted by atomic mass is 10.0. The van der Waals surface area contributed by atoms with Gasteiger partial charge < -0.3 is 9.80 Å². The van der Waals surface area contributed by atoms with E-state index in [0.29, 0.717) is 36.5 Å². The average molecular weight is 617 g/mol. The van der Waals surface area contributed by atoms with E-state index in [1.807, 2.05) is 4.90 Å². The molecule has 0 unspecified atom stereocenters. The van der Waals surface area contributed by atoms with Crippen molar-refractivity contribution in [2.24, 2.45) is 7.05 Å². The summed E-state index contributed by atoms with van der Waals surface area (Å²) >= 11 is 12.2. The van der Waals surface area contributed by atoms with Gasteiger partial charge in [0.25, 0.3) is 0 Å². The van der Waals surface area contributed by atoms with E-state index >= 15 is 0 Å². The van der Waals surface area contributed by atoms with E-state index in [2.05, 4.69) is 25.0 Å². The van der Waals surface area contributed by atoms with Crippen LogP contribution in [0.15, 0.2) is 49.2 Å². The van der Waals surface area contributed by atoms with Crippen molar-refractivity contribution in [1.82, 2.24) is 29.7 Å². The molecule has 0 aliphatic carbocycles. The van der Waals surface area contributed by atoms with Crippen LogP contribution >= 0.6 is 23.2 Å². The number of nitrogens with zero attached hydrogens (tertiary/aromatic N) is 8. The minimum absolute atomic E-state index is 0.0253. The Kier molecular flexibility index (Phi) is 7.72. The number of hydrogen-bond acceptors (Lipinski definition) is 7. The Morgan fingerprint density at radius 2 is 1.56 bits per heavy atom. The van der Waals surface area contributed by atoms with Gasteiger partial charge >= 0.3 is 12.4 Å². The average Bonchev–Trinajstić information content (AvgIpc) is 3.57. The van der Waals surface area contributed by atoms with Crippen LogP contribution in [0.5, 0.6) is 0 Å². The number of alkyl halides is 6. The zero-order valence-electron chi connectivity index (χ0n) is 21.1. The summed E-state index contributed by atoms with van der Waals surface area (Å²) in [7, 11) is 1.74. The molecule has 4 aromatic rings. The highest BCUT2D eigenvalue weighted by atomic mass is 35.5. The molecule has 0 spiro atoms. The molecule has 1 saturated heterocycles. The fourth-order valence-electron chi connectivity index (χ4n) is 4.61. The molecule has 0 bridgehead atoms. The molecule has 4 heterocycles. The lowest BCUT2D eigenvalue weighted by Crippen LogP contribution is -2.38. The first kappa shape index (κ1) is 28.9. The first-order chi connectivity index (χ1) is 19.3. The molecule has 8 nitrogen and oxygen atoms in total. The third-order valence-corrected chi connectivity index (χ3v) is 6.98. The molecule has 0 N–H and O–H groups in total. The summed E-state index contributed by atoms with van der Waals surface area (Å²) in [5.41, 5.74) is -1.62. The van der Waals surface area contributed by atoms with Crippen LogP contribution in [0.4, 0.5) is 38.1 Å². The van der Waals surface area contributed by atoms with Crippen molar-refractivity contribution in [2.75, 3.05) is 22.9 Å². The Morgan fingerprint density at radius 1 is 0.902 bits per heavy atom. The standard InChI is InChI=1S/C25H20Cl2F6N8/c1-39-12-16(9-37-39)15-7-35-23(36-8-15)41(19-2-3-40(13-19)21-20(26)10-34-22(27)38-21)11-14-4-17(24(28,29)30)6-18(5-14)25(31,32)33/h4-10,12,19H,2-3,11,13H2,1H3/t19-/m0/s1. The molecule has 1 aliphatic heterocycles. The summed E-state index contributed by atoms with van der Waals surface area (Å²) in [6, 6.07) is 1.10. The van der Waals surface area contributed by atoms with Crippen molar-refractivity contribution in [1.29, 1.82) is 0 Å². The summed E-state index contributed by atoms with van der Waals surface area (Å²) in [4.78, 5) is 20.2. The van der Waals surface area contributed by atoms with Crippen molar-refractivity contribution in [3.05, 3.63) is 76.2 Å². The van der Waals surface area contributed by atoms with Gasteiger partial charge in [-0.05, 0) is 41.8 Å². The van der Waals surface area contributed by atoms with Crippen molar-refractivity contribution in [3.63, 3.8) is 0 Å². The monoisotopic (exact) mass is 616 g/mol. The van der Waals surface area contributed by atoms with E-state index in [1.165, 1.54) is 18.6 Å². The largest absolute Gasteiger partial charge is 0.416 e. The number of halogens is 8. The van der Waals surface area contributed by atoms with Gasteiger partial charge in [-0.3, -0.25) is 4.68 Å². The van der Waals surface area contributed by atoms with E-state index in [1.54, 1.807) is 29.0 Å². The minimum Gasteiger partial charge on any atom is -0.353 e. The second-order valence-corrected chi connectivity index (χ2v) is 10.2. The van der Waals surface area contributed by atoms with Crippen molar-refractivity contribution in [3.8, 4) is 11.1 Å². The first-order valence-corrected chi connectivity index (χ1v) is 12.8. The molecule has 1 aromatic carbocycles. The third kappa shape index (κ3) is 6.48. The molecule has 1 fully saturated rings. The van der Waals surface area contributed by atoms with Crippen molar-refractivity contribution < 1.29 is 26.3 Å². The Labute approximate surface area is 239 Å². The van der Waals surface area contributed by atoms with E-state index < -0.39 is 29.5 Å². The summed E-state index contributed by atoms with van der Waals surface area (Å²) in [6.07, 6.45) is -1.74. The van der Waals surface area contributed by atoms with Crippen LogP contribution in [0, 0.1) is 0 Å². The zero-order valence-corrected chi connectivity index (χ0v) is 22.6. The Morgan fingerprint density at radius 3 is 2.15 bits per heavy atom. The van der Waals surface area contributed by atoms with E-state index in [9.17, 15) is 26.3 Å². The molecule has 3 aromatic heterocycles. The number of aromatic nitrogens is 6. The number of anilines is 2. The quantitative estimate of drug-likeness (QED) is 0.186. The maximum atomic E-state index is 13.6. The smallest absolute Gasteiger partial charge is 0.353 e. The van der Waals surface area contributed by atoms with Gasteiger partial charge in [-0.2, -0.15) is 36.4 Å². The SMILES string of the molecule is Cn1cc(-c2cnc(N(Cc3cc(C(F)(F)F)cc(C(F)(F)F)c3)[C@H]3CCN(c4nc(Cl)ncc4Cl)C3)nc2)cn1. The normalized spacial score (nSPS) is 15.9. The van der Waals surface area contributed by atoms with E-state index in [4.69, 9.17) is 23.2 Å². The third-order valence-electron chi connectivity index (χ3n) is 6.53. The van der Waals surface area contributed by atoms with Crippen LogP contribution in [-0.2, 0) is 25.9 Å². The zero-order chi connectivity index (χ0) is 29.5. The summed E-state index contributed by atoms with van der Waals surface area (Å²) in [5.74, 6) is 0.489. The van der Waals surface area contributed by atoms with Crippen LogP contribution < -0.4 is 9.80 Å². The lowest BCUT2D eigenvalue weighted by Gasteiger charge is -2.30. The van der Waals surface area contributed by atoms with Gasteiger partial charge in [-0.15, -0.1) is 0 Å². The van der Waals surface area contributed by atoms with Gasteiger partial charge in [-0.25, -0.2) is 15.0 Å². The fraction of sp³-hybridized carbons (Fsp3) is 0.320. The molecule has 0 saturated carbocycles. The van der Waals surface area contributed by atoms with Crippen LogP contribution in [-0.4, -0.2) is 48.8 Å². The highest BCUT2D eigenvalue weighted by Crippen LogP contribution is 2.37. The molecule has 16 heteroatoms. The topological polar surface area (TPSA) is 75.9 Å². The fourth-order valence-corrected chi connectivity index (χ4v) is 4.95. The Balaban J connectivity index is 1.52. The molecule has 216 valence electrons. The minimum atomic E-state index is -4.98. The van der Waals surface area contributed by atoms with Gasteiger partial charge in [0.05, 0.1) is 29.6 Å². The van der Waals surface area contributed by atoms with Gasteiger partial charge in [-0.1, -0.05) is 11.6 Å². The van der Waals surface area contributed by atoms with Crippen molar-refractivity contribution >= 4 is 35.0 Å². The molecule has 0 radical (unpaired) electrons. The predicted molar refractivity (Wildman–Crippen MR) is 140 cm³/mol. The van der Waals surface area contributed by atoms with Crippen LogP contribution in [0.2, 0.25) is 10.3 Å². The molecule has 5 rings (SSSR count). The van der Waals surface area contributed by atoms with Crippen LogP contribution in [0.3, 0.4) is 0 Å². The van der Waals surface area contributed by atoms with Crippen LogP contribution in [0.25, 0.3) is 11.1 Å². The molecule has 1 atom stereocenters. The second kappa shape index (κ2) is 11.0. The van der Waals surface area contributed by atoms with Crippen molar-refractivity contribution in [2.45, 2.75) is 31.4 Å². The van der Waals surface area contributed by atoms with Gasteiger partial charge in [0, 0.05) is 56.4 Å². The first-order valence-electron chi connectivity index (χ1n) is 12.1. The highest BCUT2D eigenvalue weighted by molar-refractivity contribution is 6.33. The van der Waals surface area contributed by atoms with Gasteiger partial charge in [0.2, 0.25) is 11.2 Å². The Bertz CT molecular complexity index is 1510. The Hall–Kier alpha value is -3.65. The summed E-state index contributed by atoms with van der Waals surface area (Å²) in [5, 5.41) is 4.32. The maximum absolute atomic E-state index is 13.6. The van der Waals surface area contributed by atoms with E-state index in [-0.39, 0.29) is 41.0 Å². The molecule has 41 heavy (non-hydrogen) atoms. The van der Waals surface area contributed by atoms with Crippen LogP contribution in [0.1, 0.15) is 23.1 Å². The van der Waals surface area contributed by atoms with Gasteiger partial charge in [0.15, 0.2) is 5.82 Å².